The van der Waals surface area contributed by atoms with Crippen molar-refractivity contribution in [1.82, 2.24) is 0 Å². The Hall–Kier alpha value is -2.14. The van der Waals surface area contributed by atoms with E-state index in [1.54, 1.807) is 36.4 Å². The summed E-state index contributed by atoms with van der Waals surface area (Å²) in [4.78, 5) is 11.5. The minimum Gasteiger partial charge on any atom is -0.415 e. The van der Waals surface area contributed by atoms with Crippen molar-refractivity contribution in [2.75, 3.05) is 0 Å². The van der Waals surface area contributed by atoms with E-state index in [0.29, 0.717) is 0 Å². The zero-order chi connectivity index (χ0) is 13.0. The molecule has 0 aliphatic rings. The van der Waals surface area contributed by atoms with E-state index in [0.717, 1.165) is 0 Å². The second-order valence-corrected chi connectivity index (χ2v) is 5.29. The number of sulfone groups is 1. The Bertz CT molecular complexity index is 633. The quantitative estimate of drug-likeness (QED) is 0.781. The number of carbonyl (C=O) groups is 1. The summed E-state index contributed by atoms with van der Waals surface area (Å²) in [6.45, 7) is 0. The fraction of sp³-hybridized carbons (Fsp3) is 0. The lowest BCUT2D eigenvalue weighted by Crippen LogP contribution is -2.19. The molecule has 2 aromatic rings. The molecule has 18 heavy (non-hydrogen) atoms. The first-order valence-corrected chi connectivity index (χ1v) is 6.66. The van der Waals surface area contributed by atoms with Crippen molar-refractivity contribution < 1.29 is 17.9 Å². The Morgan fingerprint density at radius 2 is 1.33 bits per heavy atom. The van der Waals surface area contributed by atoms with Crippen LogP contribution in [0.2, 0.25) is 0 Å². The van der Waals surface area contributed by atoms with E-state index in [1.807, 2.05) is 0 Å². The van der Waals surface area contributed by atoms with Gasteiger partial charge in [-0.15, -0.1) is 0 Å². The molecule has 0 spiro atoms. The lowest BCUT2D eigenvalue weighted by atomic mass is 10.3. The summed E-state index contributed by atoms with van der Waals surface area (Å²) < 4.78 is 28.5. The van der Waals surface area contributed by atoms with Crippen LogP contribution in [0.3, 0.4) is 0 Å². The average Bonchev–Trinajstić information content (AvgIpc) is 2.41. The van der Waals surface area contributed by atoms with Crippen molar-refractivity contribution in [3.8, 4) is 5.75 Å². The number of hydrogen-bond donors (Lipinski definition) is 0. The normalized spacial score (nSPS) is 10.9. The van der Waals surface area contributed by atoms with Crippen LogP contribution in [0.15, 0.2) is 65.6 Å². The highest BCUT2D eigenvalue weighted by atomic mass is 32.2. The van der Waals surface area contributed by atoms with E-state index in [9.17, 15) is 13.2 Å². The minimum atomic E-state index is -4.10. The molecule has 0 heterocycles. The van der Waals surface area contributed by atoms with Crippen molar-refractivity contribution in [1.29, 1.82) is 0 Å². The molecule has 0 saturated heterocycles. The van der Waals surface area contributed by atoms with E-state index in [2.05, 4.69) is 0 Å². The third kappa shape index (κ3) is 2.57. The SMILES string of the molecule is O=C(Oc1ccccc1)S(=O)(=O)c1ccccc1. The van der Waals surface area contributed by atoms with Crippen LogP contribution >= 0.6 is 0 Å². The van der Waals surface area contributed by atoms with Gasteiger partial charge in [-0.2, -0.15) is 0 Å². The molecule has 5 heteroatoms. The number of ether oxygens (including phenoxy) is 1. The van der Waals surface area contributed by atoms with Crippen LogP contribution in [0, 0.1) is 0 Å². The monoisotopic (exact) mass is 262 g/mol. The number of para-hydroxylation sites is 1. The minimum absolute atomic E-state index is 0.0778. The summed E-state index contributed by atoms with van der Waals surface area (Å²) in [5.41, 5.74) is 0. The predicted molar refractivity (Wildman–Crippen MR) is 66.1 cm³/mol. The largest absolute Gasteiger partial charge is 0.435 e. The Labute approximate surface area is 105 Å². The number of carbonyl (C=O) groups excluding carboxylic acids is 1. The maximum absolute atomic E-state index is 11.9. The van der Waals surface area contributed by atoms with Crippen molar-refractivity contribution in [2.45, 2.75) is 4.90 Å². The lowest BCUT2D eigenvalue weighted by Gasteiger charge is -2.04. The van der Waals surface area contributed by atoms with Gasteiger partial charge in [0.25, 0.3) is 9.84 Å². The standard InChI is InChI=1S/C13H10O4S/c14-13(17-11-7-3-1-4-8-11)18(15,16)12-9-5-2-6-10-12/h1-10H. The van der Waals surface area contributed by atoms with Crippen LogP contribution < -0.4 is 4.74 Å². The van der Waals surface area contributed by atoms with Gasteiger partial charge in [-0.25, -0.2) is 13.2 Å². The zero-order valence-corrected chi connectivity index (χ0v) is 10.1. The summed E-state index contributed by atoms with van der Waals surface area (Å²) in [7, 11) is -4.10. The summed E-state index contributed by atoms with van der Waals surface area (Å²) in [6.07, 6.45) is 0. The van der Waals surface area contributed by atoms with Gasteiger partial charge in [0, 0.05) is 0 Å². The first kappa shape index (κ1) is 12.3. The highest BCUT2D eigenvalue weighted by Gasteiger charge is 2.26. The summed E-state index contributed by atoms with van der Waals surface area (Å²) in [6, 6.07) is 15.5. The van der Waals surface area contributed by atoms with Crippen LogP contribution in [-0.2, 0) is 9.84 Å². The van der Waals surface area contributed by atoms with Crippen molar-refractivity contribution >= 4 is 15.1 Å². The fourth-order valence-electron chi connectivity index (χ4n) is 1.34. The highest BCUT2D eigenvalue weighted by molar-refractivity contribution is 8.05. The van der Waals surface area contributed by atoms with Gasteiger partial charge in [0.2, 0.25) is 0 Å². The van der Waals surface area contributed by atoms with E-state index in [1.165, 1.54) is 24.3 Å². The summed E-state index contributed by atoms with van der Waals surface area (Å²) >= 11 is 0. The first-order valence-electron chi connectivity index (χ1n) is 5.18. The third-order valence-electron chi connectivity index (χ3n) is 2.22. The molecule has 4 nitrogen and oxygen atoms in total. The first-order chi connectivity index (χ1) is 8.60. The Balaban J connectivity index is 2.25. The molecule has 0 amide bonds. The second kappa shape index (κ2) is 5.01. The van der Waals surface area contributed by atoms with Gasteiger partial charge in [0.05, 0.1) is 4.90 Å². The predicted octanol–water partition coefficient (Wildman–Crippen LogP) is 2.66. The number of rotatable bonds is 2. The van der Waals surface area contributed by atoms with Gasteiger partial charge < -0.3 is 4.74 Å². The Morgan fingerprint density at radius 1 is 0.833 bits per heavy atom. The second-order valence-electron chi connectivity index (χ2n) is 3.48. The molecular weight excluding hydrogens is 252 g/mol. The third-order valence-corrected chi connectivity index (χ3v) is 3.63. The molecule has 2 rings (SSSR count). The van der Waals surface area contributed by atoms with Crippen LogP contribution in [0.25, 0.3) is 0 Å². The van der Waals surface area contributed by atoms with Gasteiger partial charge in [-0.1, -0.05) is 36.4 Å². The van der Waals surface area contributed by atoms with Crippen LogP contribution in [0.1, 0.15) is 0 Å². The van der Waals surface area contributed by atoms with Gasteiger partial charge in [-0.3, -0.25) is 0 Å². The Morgan fingerprint density at radius 3 is 1.89 bits per heavy atom. The van der Waals surface area contributed by atoms with Crippen LogP contribution in [0.5, 0.6) is 5.75 Å². The smallest absolute Gasteiger partial charge is 0.415 e. The summed E-state index contributed by atoms with van der Waals surface area (Å²) in [5, 5.41) is -1.28. The topological polar surface area (TPSA) is 60.4 Å². The molecule has 0 N–H and O–H groups in total. The van der Waals surface area contributed by atoms with Crippen LogP contribution in [0.4, 0.5) is 4.79 Å². The van der Waals surface area contributed by atoms with E-state index >= 15 is 0 Å². The highest BCUT2D eigenvalue weighted by Crippen LogP contribution is 2.16. The molecule has 92 valence electrons. The van der Waals surface area contributed by atoms with Gasteiger partial charge >= 0.3 is 5.30 Å². The van der Waals surface area contributed by atoms with Gasteiger partial charge in [0.1, 0.15) is 5.75 Å². The molecule has 0 fully saturated rings. The van der Waals surface area contributed by atoms with E-state index in [4.69, 9.17) is 4.74 Å². The average molecular weight is 262 g/mol. The number of benzene rings is 2. The zero-order valence-electron chi connectivity index (χ0n) is 9.31. The molecule has 0 radical (unpaired) electrons. The molecule has 2 aromatic carbocycles. The van der Waals surface area contributed by atoms with Crippen LogP contribution in [-0.4, -0.2) is 13.7 Å². The lowest BCUT2D eigenvalue weighted by molar-refractivity contribution is 0.224. The van der Waals surface area contributed by atoms with E-state index < -0.39 is 15.1 Å². The Kier molecular flexibility index (Phi) is 3.43. The van der Waals surface area contributed by atoms with E-state index in [-0.39, 0.29) is 10.6 Å². The molecular formula is C13H10O4S. The maximum Gasteiger partial charge on any atom is 0.435 e. The molecule has 0 unspecified atom stereocenters. The molecule has 0 aliphatic heterocycles. The fourth-order valence-corrected chi connectivity index (χ4v) is 2.25. The van der Waals surface area contributed by atoms with Crippen molar-refractivity contribution in [2.24, 2.45) is 0 Å². The molecule has 0 aliphatic carbocycles. The van der Waals surface area contributed by atoms with Gasteiger partial charge in [-0.05, 0) is 24.3 Å². The van der Waals surface area contributed by atoms with Gasteiger partial charge in [0.15, 0.2) is 0 Å². The number of hydrogen-bond acceptors (Lipinski definition) is 4. The maximum atomic E-state index is 11.9. The molecule has 0 bridgehead atoms. The molecule has 0 saturated carbocycles. The van der Waals surface area contributed by atoms with Crippen molar-refractivity contribution in [3.05, 3.63) is 60.7 Å². The van der Waals surface area contributed by atoms with Crippen molar-refractivity contribution in [3.63, 3.8) is 0 Å². The molecule has 0 aromatic heterocycles. The summed E-state index contributed by atoms with van der Waals surface area (Å²) in [5.74, 6) is 0.196. The molecule has 0 atom stereocenters.